The smallest absolute Gasteiger partial charge is 0.408 e. The lowest BCUT2D eigenvalue weighted by Crippen LogP contribution is -2.63. The van der Waals surface area contributed by atoms with E-state index in [1.165, 1.54) is 18.9 Å². The Morgan fingerprint density at radius 1 is 0.977 bits per heavy atom. The van der Waals surface area contributed by atoms with Crippen LogP contribution in [0.4, 0.5) is 4.79 Å². The van der Waals surface area contributed by atoms with Gasteiger partial charge in [0.05, 0.1) is 18.9 Å². The predicted molar refractivity (Wildman–Crippen MR) is 165 cm³/mol. The van der Waals surface area contributed by atoms with Crippen LogP contribution in [0.1, 0.15) is 52.2 Å². The van der Waals surface area contributed by atoms with Gasteiger partial charge in [0.25, 0.3) is 5.91 Å². The van der Waals surface area contributed by atoms with Gasteiger partial charge >= 0.3 is 6.09 Å². The number of likely N-dealkylation sites (tertiary alicyclic amines) is 1. The molecule has 2 N–H and O–H groups in total. The van der Waals surface area contributed by atoms with Crippen LogP contribution in [-0.4, -0.2) is 83.4 Å². The van der Waals surface area contributed by atoms with Crippen LogP contribution in [0.2, 0.25) is 0 Å². The second kappa shape index (κ2) is 13.2. The first kappa shape index (κ1) is 32.7. The molecule has 11 heteroatoms. The van der Waals surface area contributed by atoms with Crippen LogP contribution < -0.4 is 10.6 Å². The first-order valence-corrected chi connectivity index (χ1v) is 14.8. The minimum atomic E-state index is -1.40. The average molecular weight is 606 g/mol. The fourth-order valence-electron chi connectivity index (χ4n) is 5.43. The zero-order valence-corrected chi connectivity index (χ0v) is 26.4. The van der Waals surface area contributed by atoms with Gasteiger partial charge in [-0.2, -0.15) is 5.10 Å². The molecule has 2 heterocycles. The lowest BCUT2D eigenvalue weighted by molar-refractivity contribution is -0.144. The highest BCUT2D eigenvalue weighted by molar-refractivity contribution is 6.13. The number of carbonyl (C=O) groups is 4. The Balaban J connectivity index is 1.54. The normalized spacial score (nSPS) is 19.1. The summed E-state index contributed by atoms with van der Waals surface area (Å²) >= 11 is 0. The number of benzene rings is 2. The van der Waals surface area contributed by atoms with Gasteiger partial charge in [-0.25, -0.2) is 9.80 Å². The molecule has 44 heavy (non-hydrogen) atoms. The lowest BCUT2D eigenvalue weighted by atomic mass is 9.73. The van der Waals surface area contributed by atoms with Crippen molar-refractivity contribution in [2.75, 3.05) is 26.7 Å². The zero-order chi connectivity index (χ0) is 32.1. The van der Waals surface area contributed by atoms with Gasteiger partial charge in [0.15, 0.2) is 0 Å². The highest BCUT2D eigenvalue weighted by atomic mass is 16.6. The van der Waals surface area contributed by atoms with Crippen LogP contribution in [0, 0.1) is 5.41 Å². The number of piperidine rings is 1. The maximum atomic E-state index is 14.1. The van der Waals surface area contributed by atoms with Crippen molar-refractivity contribution in [1.82, 2.24) is 20.5 Å². The predicted octanol–water partition coefficient (Wildman–Crippen LogP) is 3.28. The molecule has 0 spiro atoms. The number of alkyl carbamates (subject to hydrolysis) is 1. The molecule has 0 aromatic heterocycles. The third-order valence-corrected chi connectivity index (χ3v) is 7.65. The summed E-state index contributed by atoms with van der Waals surface area (Å²) < 4.78 is 11.3. The number of rotatable bonds is 10. The van der Waals surface area contributed by atoms with Crippen molar-refractivity contribution >= 4 is 29.5 Å². The third kappa shape index (κ3) is 7.82. The van der Waals surface area contributed by atoms with Crippen LogP contribution in [0.15, 0.2) is 65.8 Å². The minimum absolute atomic E-state index is 0.112. The first-order chi connectivity index (χ1) is 20.7. The number of nitrogens with zero attached hydrogens (tertiary/aromatic N) is 3. The van der Waals surface area contributed by atoms with E-state index < -0.39 is 34.6 Å². The molecule has 0 saturated carbocycles. The number of ether oxygens (including phenoxy) is 2. The summed E-state index contributed by atoms with van der Waals surface area (Å²) in [7, 11) is 1.63. The standard InChI is InChI=1S/C33H43N5O6/c1-31(2,3)44-30(42)35-32(4,5)28(40)34-25(21-43-20-24-15-11-8-12-16-24)27(39)38-18-17-26-33(22-38,29(41)37(6)36-26)19-23-13-9-7-10-14-23/h7-16,25H,17-22H2,1-6H3,(H,34,40)(H,35,42)/t25-,33-/m1/s1. The maximum Gasteiger partial charge on any atom is 0.408 e. The van der Waals surface area contributed by atoms with Gasteiger partial charge in [0.2, 0.25) is 11.8 Å². The van der Waals surface area contributed by atoms with Crippen LogP contribution in [0.3, 0.4) is 0 Å². The van der Waals surface area contributed by atoms with Crippen molar-refractivity contribution in [3.63, 3.8) is 0 Å². The van der Waals surface area contributed by atoms with E-state index in [2.05, 4.69) is 15.7 Å². The number of hydrazone groups is 1. The SMILES string of the molecule is CN1N=C2CCN(C(=O)[C@@H](COCc3ccccc3)NC(=O)C(C)(C)NC(=O)OC(C)(C)C)C[C@@]2(Cc2ccccc2)C1=O. The van der Waals surface area contributed by atoms with Crippen LogP contribution in [0.25, 0.3) is 0 Å². The number of amides is 4. The van der Waals surface area contributed by atoms with E-state index in [0.717, 1.165) is 16.8 Å². The molecule has 2 aliphatic heterocycles. The molecular formula is C33H43N5O6. The largest absolute Gasteiger partial charge is 0.444 e. The summed E-state index contributed by atoms with van der Waals surface area (Å²) in [5, 5.41) is 11.3. The van der Waals surface area contributed by atoms with Gasteiger partial charge in [-0.15, -0.1) is 0 Å². The molecule has 0 unspecified atom stereocenters. The van der Waals surface area contributed by atoms with Gasteiger partial charge in [-0.3, -0.25) is 14.4 Å². The van der Waals surface area contributed by atoms with Crippen molar-refractivity contribution in [2.45, 2.75) is 71.2 Å². The topological polar surface area (TPSA) is 130 Å². The summed E-state index contributed by atoms with van der Waals surface area (Å²) in [6.45, 7) is 8.82. The fraction of sp³-hybridized carbons (Fsp3) is 0.485. The Hall–Kier alpha value is -4.25. The summed E-state index contributed by atoms with van der Waals surface area (Å²) in [5.41, 5.74) is -0.525. The van der Waals surface area contributed by atoms with Crippen molar-refractivity contribution in [3.8, 4) is 0 Å². The third-order valence-electron chi connectivity index (χ3n) is 7.65. The quantitative estimate of drug-likeness (QED) is 0.428. The maximum absolute atomic E-state index is 14.1. The molecule has 4 rings (SSSR count). The molecule has 1 fully saturated rings. The van der Waals surface area contributed by atoms with E-state index in [1.807, 2.05) is 60.7 Å². The van der Waals surface area contributed by atoms with E-state index in [4.69, 9.17) is 9.47 Å². The van der Waals surface area contributed by atoms with E-state index in [1.54, 1.807) is 32.7 Å². The minimum Gasteiger partial charge on any atom is -0.444 e. The van der Waals surface area contributed by atoms with Gasteiger partial charge in [0, 0.05) is 26.6 Å². The molecule has 4 amide bonds. The number of hydrogen-bond donors (Lipinski definition) is 2. The van der Waals surface area contributed by atoms with E-state index in [-0.39, 0.29) is 31.6 Å². The van der Waals surface area contributed by atoms with Crippen LogP contribution in [-0.2, 0) is 36.9 Å². The molecule has 236 valence electrons. The summed E-state index contributed by atoms with van der Waals surface area (Å²) in [6.07, 6.45) is 0.0651. The number of fused-ring (bicyclic) bond motifs is 1. The average Bonchev–Trinajstić information content (AvgIpc) is 3.20. The number of nitrogens with one attached hydrogen (secondary N) is 2. The highest BCUT2D eigenvalue weighted by Gasteiger charge is 2.54. The van der Waals surface area contributed by atoms with Crippen molar-refractivity contribution in [2.24, 2.45) is 10.5 Å². The molecule has 2 aromatic carbocycles. The zero-order valence-electron chi connectivity index (χ0n) is 26.4. The van der Waals surface area contributed by atoms with Crippen LogP contribution in [0.5, 0.6) is 0 Å². The molecule has 1 saturated heterocycles. The molecule has 0 radical (unpaired) electrons. The van der Waals surface area contributed by atoms with Crippen molar-refractivity contribution in [3.05, 3.63) is 71.8 Å². The van der Waals surface area contributed by atoms with Crippen molar-refractivity contribution in [1.29, 1.82) is 0 Å². The van der Waals surface area contributed by atoms with Crippen LogP contribution >= 0.6 is 0 Å². The molecule has 11 nitrogen and oxygen atoms in total. The van der Waals surface area contributed by atoms with Gasteiger partial charge in [-0.1, -0.05) is 60.7 Å². The Morgan fingerprint density at radius 2 is 1.59 bits per heavy atom. The second-order valence-electron chi connectivity index (χ2n) is 12.9. The fourth-order valence-corrected chi connectivity index (χ4v) is 5.43. The first-order valence-electron chi connectivity index (χ1n) is 14.8. The molecule has 2 atom stereocenters. The van der Waals surface area contributed by atoms with E-state index >= 15 is 0 Å². The molecular weight excluding hydrogens is 562 g/mol. The molecule has 0 bridgehead atoms. The summed E-state index contributed by atoms with van der Waals surface area (Å²) in [6, 6.07) is 18.1. The van der Waals surface area contributed by atoms with E-state index in [9.17, 15) is 19.2 Å². The monoisotopic (exact) mass is 605 g/mol. The Morgan fingerprint density at radius 3 is 2.20 bits per heavy atom. The summed E-state index contributed by atoms with van der Waals surface area (Å²) in [5.74, 6) is -1.13. The Labute approximate surface area is 258 Å². The summed E-state index contributed by atoms with van der Waals surface area (Å²) in [4.78, 5) is 55.3. The molecule has 2 aliphatic rings. The van der Waals surface area contributed by atoms with Gasteiger partial charge in [-0.05, 0) is 52.2 Å². The molecule has 2 aromatic rings. The Kier molecular flexibility index (Phi) is 9.78. The van der Waals surface area contributed by atoms with E-state index in [0.29, 0.717) is 19.4 Å². The molecule has 0 aliphatic carbocycles. The number of hydrogen-bond acceptors (Lipinski definition) is 7. The lowest BCUT2D eigenvalue weighted by Gasteiger charge is -2.41. The highest BCUT2D eigenvalue weighted by Crippen LogP contribution is 2.38. The number of carbonyl (C=O) groups excluding carboxylic acids is 4. The van der Waals surface area contributed by atoms with Gasteiger partial charge in [0.1, 0.15) is 22.6 Å². The second-order valence-corrected chi connectivity index (χ2v) is 12.9. The van der Waals surface area contributed by atoms with Gasteiger partial charge < -0.3 is 25.0 Å². The van der Waals surface area contributed by atoms with Crippen molar-refractivity contribution < 1.29 is 28.7 Å². The Bertz CT molecular complexity index is 1390.